The summed E-state index contributed by atoms with van der Waals surface area (Å²) in [4.78, 5) is 0. The standard InChI is InChI=1S/C29H21F7O2/c1-2-3-17-4-8-20(9-5-17)29(35,36)38-21-10-6-19(7-11-21)22-12-13-25(28(34)26(22)32)37-16-18-14-23(30)27(33)24(31)15-18/h4-15H,2-3,16H2,1H3. The Morgan fingerprint density at radius 3 is 1.92 bits per heavy atom. The molecule has 0 atom stereocenters. The Balaban J connectivity index is 1.46. The summed E-state index contributed by atoms with van der Waals surface area (Å²) >= 11 is 0. The minimum Gasteiger partial charge on any atom is -0.486 e. The van der Waals surface area contributed by atoms with Gasteiger partial charge in [-0.05, 0) is 71.6 Å². The molecule has 0 fully saturated rings. The maximum Gasteiger partial charge on any atom is 0.426 e. The van der Waals surface area contributed by atoms with Gasteiger partial charge in [0.2, 0.25) is 5.82 Å². The molecule has 0 saturated heterocycles. The topological polar surface area (TPSA) is 18.5 Å². The zero-order valence-corrected chi connectivity index (χ0v) is 20.0. The normalized spacial score (nSPS) is 11.5. The number of benzene rings is 4. The first-order valence-corrected chi connectivity index (χ1v) is 11.6. The lowest BCUT2D eigenvalue weighted by Crippen LogP contribution is -2.21. The molecule has 0 aliphatic rings. The molecular formula is C29H21F7O2. The number of aryl methyl sites for hydroxylation is 1. The predicted molar refractivity (Wildman–Crippen MR) is 127 cm³/mol. The predicted octanol–water partition coefficient (Wildman–Crippen LogP) is 8.71. The number of hydrogen-bond donors (Lipinski definition) is 0. The first kappa shape index (κ1) is 27.0. The lowest BCUT2D eigenvalue weighted by atomic mass is 10.0. The Labute approximate surface area is 214 Å². The lowest BCUT2D eigenvalue weighted by Gasteiger charge is -2.19. The van der Waals surface area contributed by atoms with Crippen LogP contribution in [0.1, 0.15) is 30.0 Å². The Bertz CT molecular complexity index is 1400. The van der Waals surface area contributed by atoms with Gasteiger partial charge in [0.25, 0.3) is 0 Å². The highest BCUT2D eigenvalue weighted by Gasteiger charge is 2.34. The van der Waals surface area contributed by atoms with Gasteiger partial charge in [-0.2, -0.15) is 13.2 Å². The van der Waals surface area contributed by atoms with Crippen molar-refractivity contribution >= 4 is 0 Å². The second-order valence-electron chi connectivity index (χ2n) is 8.49. The third kappa shape index (κ3) is 5.93. The zero-order valence-electron chi connectivity index (χ0n) is 20.0. The van der Waals surface area contributed by atoms with Crippen molar-refractivity contribution in [1.29, 1.82) is 0 Å². The van der Waals surface area contributed by atoms with Crippen LogP contribution in [-0.4, -0.2) is 0 Å². The summed E-state index contributed by atoms with van der Waals surface area (Å²) in [7, 11) is 0. The third-order valence-electron chi connectivity index (χ3n) is 5.72. The lowest BCUT2D eigenvalue weighted by molar-refractivity contribution is -0.185. The van der Waals surface area contributed by atoms with Gasteiger partial charge in [-0.25, -0.2) is 17.6 Å². The number of hydrogen-bond acceptors (Lipinski definition) is 2. The van der Waals surface area contributed by atoms with Crippen LogP contribution < -0.4 is 9.47 Å². The summed E-state index contributed by atoms with van der Waals surface area (Å²) in [5.74, 6) is -7.93. The second-order valence-corrected chi connectivity index (χ2v) is 8.49. The van der Waals surface area contributed by atoms with Crippen LogP contribution in [0.2, 0.25) is 0 Å². The number of alkyl halides is 2. The van der Waals surface area contributed by atoms with Crippen LogP contribution in [0.3, 0.4) is 0 Å². The highest BCUT2D eigenvalue weighted by molar-refractivity contribution is 5.66. The molecule has 0 saturated carbocycles. The number of rotatable bonds is 9. The van der Waals surface area contributed by atoms with E-state index in [2.05, 4.69) is 0 Å². The van der Waals surface area contributed by atoms with Gasteiger partial charge in [-0.1, -0.05) is 37.6 Å². The molecule has 4 aromatic carbocycles. The monoisotopic (exact) mass is 534 g/mol. The molecule has 0 aliphatic carbocycles. The van der Waals surface area contributed by atoms with E-state index in [4.69, 9.17) is 9.47 Å². The van der Waals surface area contributed by atoms with Crippen molar-refractivity contribution in [2.75, 3.05) is 0 Å². The molecule has 38 heavy (non-hydrogen) atoms. The van der Waals surface area contributed by atoms with Gasteiger partial charge in [0.05, 0.1) is 5.56 Å². The molecule has 4 rings (SSSR count). The average molecular weight is 534 g/mol. The Kier molecular flexibility index (Phi) is 7.94. The highest BCUT2D eigenvalue weighted by atomic mass is 19.3. The first-order valence-electron chi connectivity index (χ1n) is 11.6. The van der Waals surface area contributed by atoms with E-state index < -0.39 is 47.6 Å². The zero-order chi connectivity index (χ0) is 27.4. The van der Waals surface area contributed by atoms with Gasteiger partial charge in [0, 0.05) is 5.56 Å². The number of halogens is 7. The van der Waals surface area contributed by atoms with Crippen LogP contribution in [0.25, 0.3) is 11.1 Å². The Hall–Kier alpha value is -4.01. The van der Waals surface area contributed by atoms with Crippen LogP contribution in [0.15, 0.2) is 72.8 Å². The molecule has 9 heteroatoms. The van der Waals surface area contributed by atoms with E-state index in [0.717, 1.165) is 24.5 Å². The van der Waals surface area contributed by atoms with Crippen molar-refractivity contribution in [3.05, 3.63) is 119 Å². The van der Waals surface area contributed by atoms with Gasteiger partial charge in [-0.15, -0.1) is 0 Å². The molecule has 0 aromatic heterocycles. The molecular weight excluding hydrogens is 513 g/mol. The van der Waals surface area contributed by atoms with Crippen LogP contribution >= 0.6 is 0 Å². The van der Waals surface area contributed by atoms with E-state index in [9.17, 15) is 30.7 Å². The van der Waals surface area contributed by atoms with Crippen LogP contribution in [0.4, 0.5) is 30.7 Å². The van der Waals surface area contributed by atoms with Gasteiger partial charge >= 0.3 is 6.11 Å². The van der Waals surface area contributed by atoms with Crippen molar-refractivity contribution in [3.63, 3.8) is 0 Å². The van der Waals surface area contributed by atoms with Crippen LogP contribution in [0, 0.1) is 29.1 Å². The highest BCUT2D eigenvalue weighted by Crippen LogP contribution is 2.35. The fraction of sp³-hybridized carbons (Fsp3) is 0.172. The van der Waals surface area contributed by atoms with Gasteiger partial charge in [-0.3, -0.25) is 0 Å². The molecule has 198 valence electrons. The molecule has 0 radical (unpaired) electrons. The fourth-order valence-electron chi connectivity index (χ4n) is 3.78. The summed E-state index contributed by atoms with van der Waals surface area (Å²) in [6.07, 6.45) is -1.96. The summed E-state index contributed by atoms with van der Waals surface area (Å²) in [6.45, 7) is 1.44. The summed E-state index contributed by atoms with van der Waals surface area (Å²) in [5.41, 5.74) is 0.472. The minimum atomic E-state index is -3.61. The molecule has 0 spiro atoms. The minimum absolute atomic E-state index is 0.130. The summed E-state index contributed by atoms with van der Waals surface area (Å²) < 4.78 is 108. The van der Waals surface area contributed by atoms with Crippen molar-refractivity contribution < 1.29 is 40.2 Å². The quantitative estimate of drug-likeness (QED) is 0.158. The second kappa shape index (κ2) is 11.2. The molecule has 2 nitrogen and oxygen atoms in total. The van der Waals surface area contributed by atoms with Gasteiger partial charge < -0.3 is 9.47 Å². The van der Waals surface area contributed by atoms with Gasteiger partial charge in [0.1, 0.15) is 12.4 Å². The fourth-order valence-corrected chi connectivity index (χ4v) is 3.78. The largest absolute Gasteiger partial charge is 0.486 e. The summed E-state index contributed by atoms with van der Waals surface area (Å²) in [6, 6.07) is 14.4. The average Bonchev–Trinajstić information content (AvgIpc) is 2.89. The molecule has 0 aliphatic heterocycles. The SMILES string of the molecule is CCCc1ccc(C(F)(F)Oc2ccc(-c3ccc(OCc4cc(F)c(F)c(F)c4)c(F)c3F)cc2)cc1. The number of ether oxygens (including phenoxy) is 2. The van der Waals surface area contributed by atoms with Gasteiger partial charge in [0.15, 0.2) is 29.0 Å². The molecule has 0 bridgehead atoms. The van der Waals surface area contributed by atoms with Crippen LogP contribution in [-0.2, 0) is 19.1 Å². The van der Waals surface area contributed by atoms with E-state index in [-0.39, 0.29) is 28.0 Å². The maximum absolute atomic E-state index is 14.8. The first-order chi connectivity index (χ1) is 18.1. The van der Waals surface area contributed by atoms with E-state index in [1.807, 2.05) is 6.92 Å². The van der Waals surface area contributed by atoms with Crippen molar-refractivity contribution in [2.24, 2.45) is 0 Å². The van der Waals surface area contributed by atoms with E-state index >= 15 is 0 Å². The summed E-state index contributed by atoms with van der Waals surface area (Å²) in [5, 5.41) is 0. The van der Waals surface area contributed by atoms with E-state index in [0.29, 0.717) is 12.1 Å². The van der Waals surface area contributed by atoms with E-state index in [1.54, 1.807) is 12.1 Å². The van der Waals surface area contributed by atoms with Crippen molar-refractivity contribution in [1.82, 2.24) is 0 Å². The molecule has 4 aromatic rings. The molecule has 0 heterocycles. The van der Waals surface area contributed by atoms with E-state index in [1.165, 1.54) is 42.5 Å². The molecule has 0 unspecified atom stereocenters. The third-order valence-corrected chi connectivity index (χ3v) is 5.72. The maximum atomic E-state index is 14.8. The molecule has 0 amide bonds. The smallest absolute Gasteiger partial charge is 0.426 e. The van der Waals surface area contributed by atoms with Crippen molar-refractivity contribution in [3.8, 4) is 22.6 Å². The van der Waals surface area contributed by atoms with Crippen molar-refractivity contribution in [2.45, 2.75) is 32.5 Å². The van der Waals surface area contributed by atoms with Crippen LogP contribution in [0.5, 0.6) is 11.5 Å². The Morgan fingerprint density at radius 1 is 0.684 bits per heavy atom. The Morgan fingerprint density at radius 2 is 1.32 bits per heavy atom. The molecule has 0 N–H and O–H groups in total.